The van der Waals surface area contributed by atoms with E-state index in [1.165, 1.54) is 0 Å². The molecule has 0 N–H and O–H groups in total. The van der Waals surface area contributed by atoms with Crippen molar-refractivity contribution in [2.75, 3.05) is 13.1 Å². The van der Waals surface area contributed by atoms with Crippen LogP contribution in [0.5, 0.6) is 0 Å². The van der Waals surface area contributed by atoms with Crippen molar-refractivity contribution in [2.45, 2.75) is 27.9 Å². The van der Waals surface area contributed by atoms with Gasteiger partial charge in [0.05, 0.1) is 4.90 Å². The Morgan fingerprint density at radius 3 is 2.22 bits per heavy atom. The lowest BCUT2D eigenvalue weighted by Gasteiger charge is -2.16. The average molecular weight is 379 g/mol. The van der Waals surface area contributed by atoms with Crippen molar-refractivity contribution in [3.63, 3.8) is 0 Å². The fraction of sp³-hybridized carbons (Fsp3) is 0.455. The summed E-state index contributed by atoms with van der Waals surface area (Å²) in [5, 5.41) is 0. The molecule has 1 aliphatic rings. The number of alkyl halides is 4. The minimum absolute atomic E-state index is 0.0892. The Bertz CT molecular complexity index is 819. The van der Waals surface area contributed by atoms with E-state index in [0.29, 0.717) is 16.4 Å². The number of rotatable bonds is 3. The molecule has 130 valence electrons. The molecule has 1 heterocycles. The molecule has 0 bridgehead atoms. The second-order valence-electron chi connectivity index (χ2n) is 4.79. The zero-order chi connectivity index (χ0) is 17.6. The smallest absolute Gasteiger partial charge is 0.246 e. The maximum atomic E-state index is 13.5. The van der Waals surface area contributed by atoms with Crippen LogP contribution in [0.4, 0.5) is 22.0 Å². The Morgan fingerprint density at radius 2 is 1.74 bits per heavy atom. The Labute approximate surface area is 128 Å². The Kier molecular flexibility index (Phi) is 4.45. The standard InChI is InChI=1S/C11H10F5NO4S2/c12-7-3-4-17(6-7)23(20,21)8-1-2-9(13)10(5-8)22(18,19)11(14,15)16/h1-2,5,7H,3-4,6H2/t7-/m0/s1. The van der Waals surface area contributed by atoms with Crippen molar-refractivity contribution in [2.24, 2.45) is 0 Å². The SMILES string of the molecule is O=S(=O)(c1ccc(F)c(S(=O)(=O)C(F)(F)F)c1)N1CC[C@H](F)C1. The molecular weight excluding hydrogens is 369 g/mol. The number of benzene rings is 1. The maximum absolute atomic E-state index is 13.5. The number of sulfone groups is 1. The molecule has 1 aliphatic heterocycles. The molecule has 2 rings (SSSR count). The summed E-state index contributed by atoms with van der Waals surface area (Å²) in [5.74, 6) is -1.73. The molecule has 1 aromatic carbocycles. The zero-order valence-electron chi connectivity index (χ0n) is 11.2. The van der Waals surface area contributed by atoms with Crippen LogP contribution < -0.4 is 0 Å². The molecule has 1 atom stereocenters. The van der Waals surface area contributed by atoms with E-state index in [2.05, 4.69) is 0 Å². The fourth-order valence-electron chi connectivity index (χ4n) is 2.03. The zero-order valence-corrected chi connectivity index (χ0v) is 12.9. The van der Waals surface area contributed by atoms with Gasteiger partial charge in [0.15, 0.2) is 0 Å². The van der Waals surface area contributed by atoms with Crippen LogP contribution in [-0.2, 0) is 19.9 Å². The summed E-state index contributed by atoms with van der Waals surface area (Å²) in [6, 6.07) is 1.04. The average Bonchev–Trinajstić information content (AvgIpc) is 2.85. The topological polar surface area (TPSA) is 71.5 Å². The summed E-state index contributed by atoms with van der Waals surface area (Å²) in [6.07, 6.45) is -1.52. The van der Waals surface area contributed by atoms with E-state index >= 15 is 0 Å². The molecule has 1 saturated heterocycles. The quantitative estimate of drug-likeness (QED) is 0.752. The Hall–Kier alpha value is -1.27. The van der Waals surface area contributed by atoms with E-state index in [-0.39, 0.29) is 19.0 Å². The van der Waals surface area contributed by atoms with E-state index in [9.17, 15) is 38.8 Å². The number of sulfonamides is 1. The van der Waals surface area contributed by atoms with E-state index in [0.717, 1.165) is 0 Å². The van der Waals surface area contributed by atoms with Gasteiger partial charge in [-0.1, -0.05) is 0 Å². The van der Waals surface area contributed by atoms with Gasteiger partial charge >= 0.3 is 5.51 Å². The molecule has 0 spiro atoms. The van der Waals surface area contributed by atoms with Crippen LogP contribution in [0.2, 0.25) is 0 Å². The minimum atomic E-state index is -6.06. The molecule has 1 fully saturated rings. The molecule has 0 aliphatic carbocycles. The minimum Gasteiger partial charge on any atom is -0.246 e. The van der Waals surface area contributed by atoms with Crippen LogP contribution in [0.15, 0.2) is 28.0 Å². The van der Waals surface area contributed by atoms with Crippen LogP contribution >= 0.6 is 0 Å². The first kappa shape index (κ1) is 18.1. The third kappa shape index (κ3) is 3.19. The molecule has 0 aromatic heterocycles. The lowest BCUT2D eigenvalue weighted by atomic mass is 10.3. The van der Waals surface area contributed by atoms with Gasteiger partial charge < -0.3 is 0 Å². The van der Waals surface area contributed by atoms with Crippen LogP contribution in [0.25, 0.3) is 0 Å². The molecule has 23 heavy (non-hydrogen) atoms. The maximum Gasteiger partial charge on any atom is 0.502 e. The molecular formula is C11H10F5NO4S2. The lowest BCUT2D eigenvalue weighted by molar-refractivity contribution is -0.0437. The molecule has 0 saturated carbocycles. The van der Waals surface area contributed by atoms with Gasteiger partial charge in [0, 0.05) is 13.1 Å². The molecule has 0 unspecified atom stereocenters. The summed E-state index contributed by atoms with van der Waals surface area (Å²) >= 11 is 0. The van der Waals surface area contributed by atoms with Gasteiger partial charge in [-0.25, -0.2) is 25.6 Å². The first-order valence-electron chi connectivity index (χ1n) is 6.12. The van der Waals surface area contributed by atoms with Crippen molar-refractivity contribution in [3.05, 3.63) is 24.0 Å². The van der Waals surface area contributed by atoms with Gasteiger partial charge in [-0.2, -0.15) is 17.5 Å². The van der Waals surface area contributed by atoms with Crippen LogP contribution in [0.1, 0.15) is 6.42 Å². The van der Waals surface area contributed by atoms with E-state index in [4.69, 9.17) is 0 Å². The van der Waals surface area contributed by atoms with Crippen molar-refractivity contribution < 1.29 is 38.8 Å². The molecule has 5 nitrogen and oxygen atoms in total. The normalized spacial score (nSPS) is 20.8. The summed E-state index contributed by atoms with van der Waals surface area (Å²) in [5.41, 5.74) is -5.78. The van der Waals surface area contributed by atoms with Gasteiger partial charge in [-0.05, 0) is 24.6 Å². The van der Waals surface area contributed by atoms with Gasteiger partial charge in [-0.15, -0.1) is 0 Å². The van der Waals surface area contributed by atoms with Crippen LogP contribution in [0, 0.1) is 5.82 Å². The molecule has 0 radical (unpaired) electrons. The summed E-state index contributed by atoms with van der Waals surface area (Å²) < 4.78 is 112. The number of halogens is 5. The highest BCUT2D eigenvalue weighted by atomic mass is 32.2. The first-order valence-corrected chi connectivity index (χ1v) is 9.05. The predicted octanol–water partition coefficient (Wildman–Crippen LogP) is 1.85. The van der Waals surface area contributed by atoms with Gasteiger partial charge in [0.1, 0.15) is 16.9 Å². The molecule has 1 aromatic rings. The van der Waals surface area contributed by atoms with Gasteiger partial charge in [0.2, 0.25) is 10.0 Å². The highest BCUT2D eigenvalue weighted by molar-refractivity contribution is 7.92. The summed E-state index contributed by atoms with van der Waals surface area (Å²) in [4.78, 5) is -2.64. The predicted molar refractivity (Wildman–Crippen MR) is 67.9 cm³/mol. The summed E-state index contributed by atoms with van der Waals surface area (Å²) in [7, 11) is -10.5. The summed E-state index contributed by atoms with van der Waals surface area (Å²) in [6.45, 7) is -0.705. The van der Waals surface area contributed by atoms with Crippen molar-refractivity contribution in [3.8, 4) is 0 Å². The van der Waals surface area contributed by atoms with Crippen LogP contribution in [-0.4, -0.2) is 45.9 Å². The second-order valence-corrected chi connectivity index (χ2v) is 8.64. The van der Waals surface area contributed by atoms with Gasteiger partial charge in [0.25, 0.3) is 9.84 Å². The third-order valence-electron chi connectivity index (χ3n) is 3.23. The van der Waals surface area contributed by atoms with Crippen LogP contribution in [0.3, 0.4) is 0 Å². The monoisotopic (exact) mass is 379 g/mol. The first-order chi connectivity index (χ1) is 10.4. The lowest BCUT2D eigenvalue weighted by Crippen LogP contribution is -2.30. The highest BCUT2D eigenvalue weighted by Gasteiger charge is 2.48. The number of nitrogens with zero attached hydrogens (tertiary/aromatic N) is 1. The van der Waals surface area contributed by atoms with Crippen molar-refractivity contribution >= 4 is 19.9 Å². The second kappa shape index (κ2) is 5.67. The van der Waals surface area contributed by atoms with Crippen molar-refractivity contribution in [1.29, 1.82) is 0 Å². The Morgan fingerprint density at radius 1 is 1.13 bits per heavy atom. The number of hydrogen-bond donors (Lipinski definition) is 0. The molecule has 12 heteroatoms. The van der Waals surface area contributed by atoms with E-state index < -0.39 is 53.7 Å². The number of hydrogen-bond acceptors (Lipinski definition) is 4. The fourth-order valence-corrected chi connectivity index (χ4v) is 4.47. The third-order valence-corrected chi connectivity index (χ3v) is 6.59. The van der Waals surface area contributed by atoms with Crippen molar-refractivity contribution in [1.82, 2.24) is 4.31 Å². The van der Waals surface area contributed by atoms with Gasteiger partial charge in [-0.3, -0.25) is 0 Å². The van der Waals surface area contributed by atoms with E-state index in [1.807, 2.05) is 0 Å². The molecule has 0 amide bonds. The largest absolute Gasteiger partial charge is 0.502 e. The highest BCUT2D eigenvalue weighted by Crippen LogP contribution is 2.33. The Balaban J connectivity index is 2.54. The van der Waals surface area contributed by atoms with E-state index in [1.54, 1.807) is 0 Å².